The Morgan fingerprint density at radius 2 is 2.14 bits per heavy atom. The summed E-state index contributed by atoms with van der Waals surface area (Å²) in [5.41, 5.74) is 4.16. The van der Waals surface area contributed by atoms with Crippen LogP contribution in [0.15, 0.2) is 42.7 Å². The molecule has 0 unspecified atom stereocenters. The highest BCUT2D eigenvalue weighted by atomic mass is 16.6. The Kier molecular flexibility index (Phi) is 4.52. The Labute approximate surface area is 161 Å². The number of aromatic nitrogens is 4. The number of carbonyl (C=O) groups is 1. The van der Waals surface area contributed by atoms with Crippen molar-refractivity contribution in [3.8, 4) is 0 Å². The maximum atomic E-state index is 12.2. The molecule has 0 saturated carbocycles. The first-order chi connectivity index (χ1) is 13.6. The predicted molar refractivity (Wildman–Crippen MR) is 109 cm³/mol. The van der Waals surface area contributed by atoms with Crippen LogP contribution in [0.4, 0.5) is 22.1 Å². The monoisotopic (exact) mass is 376 g/mol. The van der Waals surface area contributed by atoms with Crippen LogP contribution in [0.3, 0.4) is 0 Å². The zero-order valence-corrected chi connectivity index (χ0v) is 15.9. The molecule has 142 valence electrons. The third kappa shape index (κ3) is 3.20. The number of fused-ring (bicyclic) bond motifs is 2. The zero-order valence-electron chi connectivity index (χ0n) is 15.9. The van der Waals surface area contributed by atoms with Gasteiger partial charge in [0.1, 0.15) is 0 Å². The second-order valence-electron chi connectivity index (χ2n) is 6.42. The molecule has 0 bridgehead atoms. The molecule has 2 aromatic heterocycles. The standard InChI is InChI=1S/C20H20N6O2/c1-4-28-20(27)26(3)17-9-14(8-16-15(17)11-22-25-16)23-19-21-10-13-7-5-6-12(2)18(13)24-19/h5-11H,4H2,1-3H3,(H,22,25)(H,21,23,24). The van der Waals surface area contributed by atoms with Crippen molar-refractivity contribution >= 4 is 45.2 Å². The number of nitrogens with one attached hydrogen (secondary N) is 2. The summed E-state index contributed by atoms with van der Waals surface area (Å²) >= 11 is 0. The molecule has 0 saturated heterocycles. The van der Waals surface area contributed by atoms with Crippen LogP contribution >= 0.6 is 0 Å². The summed E-state index contributed by atoms with van der Waals surface area (Å²) in [5.74, 6) is 0.477. The molecular formula is C20H20N6O2. The second kappa shape index (κ2) is 7.15. The van der Waals surface area contributed by atoms with Gasteiger partial charge in [-0.05, 0) is 31.5 Å². The lowest BCUT2D eigenvalue weighted by molar-refractivity contribution is 0.161. The van der Waals surface area contributed by atoms with Gasteiger partial charge < -0.3 is 10.1 Å². The molecule has 0 radical (unpaired) electrons. The van der Waals surface area contributed by atoms with Crippen LogP contribution < -0.4 is 10.2 Å². The van der Waals surface area contributed by atoms with Gasteiger partial charge in [0.05, 0.1) is 29.5 Å². The normalized spacial score (nSPS) is 11.0. The van der Waals surface area contributed by atoms with Crippen LogP contribution in [-0.4, -0.2) is 39.9 Å². The molecule has 28 heavy (non-hydrogen) atoms. The molecule has 2 N–H and O–H groups in total. The lowest BCUT2D eigenvalue weighted by Gasteiger charge is -2.18. The smallest absolute Gasteiger partial charge is 0.414 e. The number of aryl methyl sites for hydroxylation is 1. The average Bonchev–Trinajstić information content (AvgIpc) is 3.16. The first-order valence-electron chi connectivity index (χ1n) is 8.94. The Morgan fingerprint density at radius 3 is 2.96 bits per heavy atom. The third-order valence-electron chi connectivity index (χ3n) is 4.51. The Morgan fingerprint density at radius 1 is 1.29 bits per heavy atom. The van der Waals surface area contributed by atoms with Gasteiger partial charge in [-0.1, -0.05) is 18.2 Å². The van der Waals surface area contributed by atoms with Crippen LogP contribution in [0.2, 0.25) is 0 Å². The fraction of sp³-hybridized carbons (Fsp3) is 0.200. The number of carbonyl (C=O) groups excluding carboxylic acids is 1. The number of para-hydroxylation sites is 1. The number of benzene rings is 2. The molecule has 0 spiro atoms. The lowest BCUT2D eigenvalue weighted by Crippen LogP contribution is -2.27. The number of hydrogen-bond donors (Lipinski definition) is 2. The lowest BCUT2D eigenvalue weighted by atomic mass is 10.1. The number of amides is 1. The van der Waals surface area contributed by atoms with Gasteiger partial charge in [-0.2, -0.15) is 5.10 Å². The molecule has 8 heteroatoms. The molecular weight excluding hydrogens is 356 g/mol. The fourth-order valence-electron chi connectivity index (χ4n) is 3.09. The minimum absolute atomic E-state index is 0.305. The van der Waals surface area contributed by atoms with Crippen LogP contribution in [0.1, 0.15) is 12.5 Å². The van der Waals surface area contributed by atoms with Crippen LogP contribution in [-0.2, 0) is 4.74 Å². The SMILES string of the molecule is CCOC(=O)N(C)c1cc(Nc2ncc3cccc(C)c3n2)cc2[nH]ncc12. The molecule has 1 amide bonds. The summed E-state index contributed by atoms with van der Waals surface area (Å²) in [7, 11) is 1.67. The average molecular weight is 376 g/mol. The van der Waals surface area contributed by atoms with E-state index in [4.69, 9.17) is 4.74 Å². The van der Waals surface area contributed by atoms with Gasteiger partial charge in [-0.15, -0.1) is 0 Å². The van der Waals surface area contributed by atoms with Crippen molar-refractivity contribution in [2.24, 2.45) is 0 Å². The summed E-state index contributed by atoms with van der Waals surface area (Å²) in [6.07, 6.45) is 3.04. The molecule has 2 heterocycles. The van der Waals surface area contributed by atoms with E-state index in [0.717, 1.165) is 33.1 Å². The zero-order chi connectivity index (χ0) is 19.7. The molecule has 0 atom stereocenters. The number of anilines is 3. The maximum Gasteiger partial charge on any atom is 0.414 e. The van der Waals surface area contributed by atoms with Gasteiger partial charge in [-0.3, -0.25) is 10.00 Å². The summed E-state index contributed by atoms with van der Waals surface area (Å²) in [6.45, 7) is 4.10. The third-order valence-corrected chi connectivity index (χ3v) is 4.51. The molecule has 8 nitrogen and oxygen atoms in total. The van der Waals surface area contributed by atoms with Gasteiger partial charge in [0.2, 0.25) is 5.95 Å². The fourth-order valence-corrected chi connectivity index (χ4v) is 3.09. The quantitative estimate of drug-likeness (QED) is 0.555. The molecule has 0 aliphatic carbocycles. The van der Waals surface area contributed by atoms with Crippen molar-refractivity contribution in [3.05, 3.63) is 48.3 Å². The number of aromatic amines is 1. The number of H-pyrrole nitrogens is 1. The van der Waals surface area contributed by atoms with Gasteiger partial charge in [0.25, 0.3) is 0 Å². The van der Waals surface area contributed by atoms with E-state index >= 15 is 0 Å². The van der Waals surface area contributed by atoms with E-state index in [1.54, 1.807) is 26.4 Å². The maximum absolute atomic E-state index is 12.2. The molecule has 0 aliphatic rings. The van der Waals surface area contributed by atoms with Crippen molar-refractivity contribution in [2.75, 3.05) is 23.9 Å². The number of ether oxygens (including phenoxy) is 1. The van der Waals surface area contributed by atoms with Gasteiger partial charge >= 0.3 is 6.09 Å². The van der Waals surface area contributed by atoms with E-state index < -0.39 is 6.09 Å². The van der Waals surface area contributed by atoms with Crippen molar-refractivity contribution in [1.29, 1.82) is 0 Å². The van der Waals surface area contributed by atoms with E-state index in [1.807, 2.05) is 37.3 Å². The van der Waals surface area contributed by atoms with Crippen molar-refractivity contribution in [2.45, 2.75) is 13.8 Å². The van der Waals surface area contributed by atoms with E-state index in [9.17, 15) is 4.79 Å². The minimum Gasteiger partial charge on any atom is -0.449 e. The number of rotatable bonds is 4. The highest BCUT2D eigenvalue weighted by Gasteiger charge is 2.17. The summed E-state index contributed by atoms with van der Waals surface area (Å²) in [5, 5.41) is 12.1. The Bertz CT molecular complexity index is 1170. The Balaban J connectivity index is 1.73. The van der Waals surface area contributed by atoms with E-state index in [1.165, 1.54) is 4.90 Å². The first kappa shape index (κ1) is 17.7. The van der Waals surface area contributed by atoms with Crippen molar-refractivity contribution < 1.29 is 9.53 Å². The molecule has 4 aromatic rings. The predicted octanol–water partition coefficient (Wildman–Crippen LogP) is 4.15. The van der Waals surface area contributed by atoms with Gasteiger partial charge in [0.15, 0.2) is 0 Å². The van der Waals surface area contributed by atoms with Gasteiger partial charge in [0, 0.05) is 29.7 Å². The van der Waals surface area contributed by atoms with Crippen molar-refractivity contribution in [1.82, 2.24) is 20.2 Å². The highest BCUT2D eigenvalue weighted by Crippen LogP contribution is 2.31. The molecule has 0 fully saturated rings. The minimum atomic E-state index is -0.431. The van der Waals surface area contributed by atoms with Crippen LogP contribution in [0.5, 0.6) is 0 Å². The van der Waals surface area contributed by atoms with Crippen molar-refractivity contribution in [3.63, 3.8) is 0 Å². The van der Waals surface area contributed by atoms with E-state index in [2.05, 4.69) is 25.5 Å². The van der Waals surface area contributed by atoms with Crippen LogP contribution in [0.25, 0.3) is 21.8 Å². The summed E-state index contributed by atoms with van der Waals surface area (Å²) in [4.78, 5) is 22.7. The highest BCUT2D eigenvalue weighted by molar-refractivity contribution is 6.02. The summed E-state index contributed by atoms with van der Waals surface area (Å²) < 4.78 is 5.11. The molecule has 0 aliphatic heterocycles. The summed E-state index contributed by atoms with van der Waals surface area (Å²) in [6, 6.07) is 9.73. The topological polar surface area (TPSA) is 96.0 Å². The van der Waals surface area contributed by atoms with E-state index in [-0.39, 0.29) is 0 Å². The van der Waals surface area contributed by atoms with Gasteiger partial charge in [-0.25, -0.2) is 14.8 Å². The molecule has 2 aromatic carbocycles. The largest absolute Gasteiger partial charge is 0.449 e. The van der Waals surface area contributed by atoms with E-state index in [0.29, 0.717) is 18.2 Å². The van der Waals surface area contributed by atoms with Crippen LogP contribution in [0, 0.1) is 6.92 Å². The first-order valence-corrected chi connectivity index (χ1v) is 8.94. The number of nitrogens with zero attached hydrogens (tertiary/aromatic N) is 4. The molecule has 4 rings (SSSR count). The number of hydrogen-bond acceptors (Lipinski definition) is 6. The second-order valence-corrected chi connectivity index (χ2v) is 6.42. The Hall–Kier alpha value is -3.68.